The molecule has 1 aliphatic heterocycles. The summed E-state index contributed by atoms with van der Waals surface area (Å²) in [5.74, 6) is -0.783. The fourth-order valence-electron chi connectivity index (χ4n) is 5.87. The van der Waals surface area contributed by atoms with Gasteiger partial charge in [-0.15, -0.1) is 11.3 Å². The summed E-state index contributed by atoms with van der Waals surface area (Å²) >= 11 is 0.722. The maximum Gasteiger partial charge on any atom is 0.305 e. The number of thiophene rings is 1. The molecule has 4 N–H and O–H groups in total. The molecule has 14 heteroatoms. The van der Waals surface area contributed by atoms with E-state index < -0.39 is 49.4 Å². The van der Waals surface area contributed by atoms with Crippen molar-refractivity contribution in [1.82, 2.24) is 5.32 Å². The smallest absolute Gasteiger partial charge is 0.305 e. The van der Waals surface area contributed by atoms with Gasteiger partial charge in [0.05, 0.1) is 30.2 Å². The summed E-state index contributed by atoms with van der Waals surface area (Å²) in [6.07, 6.45) is 12.1. The number of ether oxygens (including phenoxy) is 1. The van der Waals surface area contributed by atoms with E-state index in [2.05, 4.69) is 16.6 Å². The maximum absolute atomic E-state index is 12.8. The Bertz CT molecular complexity index is 1440. The molecule has 0 aromatic carbocycles. The van der Waals surface area contributed by atoms with Gasteiger partial charge in [0.25, 0.3) is 10.0 Å². The minimum absolute atomic E-state index is 0.0348. The van der Waals surface area contributed by atoms with Gasteiger partial charge in [0.1, 0.15) is 8.42 Å². The fourth-order valence-corrected chi connectivity index (χ4v) is 10.8. The van der Waals surface area contributed by atoms with Crippen LogP contribution in [0.15, 0.2) is 43.2 Å². The van der Waals surface area contributed by atoms with E-state index in [0.717, 1.165) is 30.4 Å². The number of carbonyl (C=O) groups excluding carboxylic acids is 1. The first-order chi connectivity index (χ1) is 21.8. The van der Waals surface area contributed by atoms with Crippen LogP contribution in [-0.4, -0.2) is 81.1 Å². The Morgan fingerprint density at radius 3 is 2.65 bits per heavy atom. The van der Waals surface area contributed by atoms with Gasteiger partial charge in [-0.05, 0) is 57.6 Å². The summed E-state index contributed by atoms with van der Waals surface area (Å²) < 4.78 is 60.0. The van der Waals surface area contributed by atoms with Crippen molar-refractivity contribution in [2.75, 3.05) is 13.2 Å². The van der Waals surface area contributed by atoms with Gasteiger partial charge in [-0.1, -0.05) is 51.0 Å². The molecular weight excluding hydrogens is 653 g/mol. The van der Waals surface area contributed by atoms with Crippen LogP contribution in [0.4, 0.5) is 0 Å². The second-order valence-corrected chi connectivity index (χ2v) is 17.6. The average Bonchev–Trinajstić information content (AvgIpc) is 3.58. The summed E-state index contributed by atoms with van der Waals surface area (Å²) in [5.41, 5.74) is 0.465. The molecule has 46 heavy (non-hydrogen) atoms. The summed E-state index contributed by atoms with van der Waals surface area (Å²) in [4.78, 5) is 12.1. The van der Waals surface area contributed by atoms with Gasteiger partial charge in [-0.3, -0.25) is 4.79 Å². The van der Waals surface area contributed by atoms with Crippen LogP contribution in [0.5, 0.6) is 0 Å². The fraction of sp³-hybridized carbons (Fsp3) is 0.688. The van der Waals surface area contributed by atoms with Crippen molar-refractivity contribution in [3.8, 4) is 0 Å². The lowest BCUT2D eigenvalue weighted by Gasteiger charge is -2.27. The third-order valence-electron chi connectivity index (χ3n) is 8.51. The second kappa shape index (κ2) is 18.0. The summed E-state index contributed by atoms with van der Waals surface area (Å²) in [6, 6.07) is 1.15. The predicted octanol–water partition coefficient (Wildman–Crippen LogP) is 4.24. The topological polar surface area (TPSA) is 180 Å². The zero-order chi connectivity index (χ0) is 33.9. The Morgan fingerprint density at radius 2 is 1.93 bits per heavy atom. The SMILES string of the molecule is CCCC[C@H](O)/C=C/[C@@H]1[C@@H](C/C=C\CCCC(=O)OCCC=NS(=O)(=O)c2cc3c(s2)S(=O)(=O)[C@@H](C)C[C@@H]3NCC)[C@@H](O)C[C@H]1O. The third kappa shape index (κ3) is 10.5. The van der Waals surface area contributed by atoms with Gasteiger partial charge in [0.2, 0.25) is 0 Å². The molecule has 3 rings (SSSR count). The second-order valence-electron chi connectivity index (χ2n) is 12.1. The predicted molar refractivity (Wildman–Crippen MR) is 179 cm³/mol. The molecular formula is C32H50N2O9S3. The number of nitrogens with zero attached hydrogens (tertiary/aromatic N) is 1. The van der Waals surface area contributed by atoms with Gasteiger partial charge >= 0.3 is 5.97 Å². The van der Waals surface area contributed by atoms with Crippen molar-refractivity contribution in [2.24, 2.45) is 16.2 Å². The Morgan fingerprint density at radius 1 is 1.17 bits per heavy atom. The molecule has 0 saturated heterocycles. The van der Waals surface area contributed by atoms with Gasteiger partial charge < -0.3 is 25.4 Å². The van der Waals surface area contributed by atoms with Gasteiger partial charge in [-0.25, -0.2) is 8.42 Å². The minimum Gasteiger partial charge on any atom is -0.465 e. The number of sulfone groups is 1. The molecule has 0 amide bonds. The van der Waals surface area contributed by atoms with Crippen molar-refractivity contribution in [3.05, 3.63) is 35.9 Å². The number of hydrogen-bond donors (Lipinski definition) is 4. The Kier molecular flexibility index (Phi) is 15.1. The highest BCUT2D eigenvalue weighted by atomic mass is 32.3. The van der Waals surface area contributed by atoms with E-state index in [1.165, 1.54) is 6.07 Å². The lowest BCUT2D eigenvalue weighted by atomic mass is 9.89. The molecule has 1 aliphatic carbocycles. The van der Waals surface area contributed by atoms with Crippen LogP contribution >= 0.6 is 11.3 Å². The van der Waals surface area contributed by atoms with E-state index in [1.54, 1.807) is 13.0 Å². The van der Waals surface area contributed by atoms with E-state index in [4.69, 9.17) is 4.74 Å². The van der Waals surface area contributed by atoms with Crippen molar-refractivity contribution in [2.45, 2.75) is 123 Å². The molecule has 1 aromatic rings. The summed E-state index contributed by atoms with van der Waals surface area (Å²) in [7, 11) is -7.72. The highest BCUT2D eigenvalue weighted by Gasteiger charge is 2.40. The third-order valence-corrected chi connectivity index (χ3v) is 14.1. The number of unbranched alkanes of at least 4 members (excludes halogenated alkanes) is 2. The number of hydrogen-bond acceptors (Lipinski definition) is 11. The lowest BCUT2D eigenvalue weighted by molar-refractivity contribution is -0.143. The molecule has 260 valence electrons. The van der Waals surface area contributed by atoms with Crippen molar-refractivity contribution in [1.29, 1.82) is 0 Å². The highest BCUT2D eigenvalue weighted by Crippen LogP contribution is 2.43. The van der Waals surface area contributed by atoms with Gasteiger partial charge in [0, 0.05) is 43.0 Å². The zero-order valence-corrected chi connectivity index (χ0v) is 29.4. The van der Waals surface area contributed by atoms with E-state index >= 15 is 0 Å². The molecule has 1 aromatic heterocycles. The standard InChI is InChI=1S/C32H50N2O9S3/c1-4-6-12-23(35)15-16-25-24(28(36)21-29(25)37)13-9-7-8-10-14-30(38)43-18-11-17-34-46(41,42)31-20-26-27(33-5-2)19-22(3)45(39,40)32(26)44-31/h7,9,15-17,20,22-25,27-29,33,35-37H,4-6,8,10-14,18-19,21H2,1-3H3/b9-7-,16-15+,34-17?/t22-,23-,24+,25+,27-,28-,29+/m0/s1. The number of carbonyl (C=O) groups is 1. The molecule has 0 radical (unpaired) electrons. The Hall–Kier alpha value is -1.94. The van der Waals surface area contributed by atoms with E-state index in [-0.39, 0.29) is 45.7 Å². The van der Waals surface area contributed by atoms with Crippen LogP contribution < -0.4 is 5.32 Å². The molecule has 0 unspecified atom stereocenters. The molecule has 2 heterocycles. The Balaban J connectivity index is 1.39. The number of nitrogens with one attached hydrogen (secondary N) is 1. The van der Waals surface area contributed by atoms with Crippen LogP contribution in [-0.2, 0) is 29.4 Å². The molecule has 2 aliphatic rings. The number of rotatable bonds is 18. The minimum atomic E-state index is -4.11. The first-order valence-electron chi connectivity index (χ1n) is 16.2. The Labute approximate surface area is 277 Å². The van der Waals surface area contributed by atoms with Crippen molar-refractivity contribution >= 4 is 43.4 Å². The number of allylic oxidation sites excluding steroid dienone is 2. The molecule has 0 bridgehead atoms. The van der Waals surface area contributed by atoms with Crippen LogP contribution in [0.1, 0.15) is 96.6 Å². The first-order valence-corrected chi connectivity index (χ1v) is 20.0. The van der Waals surface area contributed by atoms with E-state index in [0.29, 0.717) is 50.6 Å². The number of aliphatic hydroxyl groups is 3. The highest BCUT2D eigenvalue weighted by molar-refractivity contribution is 7.96. The van der Waals surface area contributed by atoms with E-state index in [1.807, 2.05) is 25.2 Å². The average molecular weight is 703 g/mol. The van der Waals surface area contributed by atoms with Crippen LogP contribution in [0.2, 0.25) is 0 Å². The molecule has 7 atom stereocenters. The maximum atomic E-state index is 12.8. The largest absolute Gasteiger partial charge is 0.465 e. The number of aliphatic hydroxyl groups excluding tert-OH is 3. The normalized spacial score (nSPS) is 27.1. The van der Waals surface area contributed by atoms with Crippen LogP contribution in [0.3, 0.4) is 0 Å². The quantitative estimate of drug-likeness (QED) is 0.0748. The summed E-state index contributed by atoms with van der Waals surface area (Å²) in [6.45, 7) is 6.17. The molecule has 11 nitrogen and oxygen atoms in total. The van der Waals surface area contributed by atoms with Gasteiger partial charge in [0.15, 0.2) is 9.84 Å². The summed E-state index contributed by atoms with van der Waals surface area (Å²) in [5, 5.41) is 33.5. The van der Waals surface area contributed by atoms with Crippen LogP contribution in [0.25, 0.3) is 0 Å². The molecule has 0 spiro atoms. The number of fused-ring (bicyclic) bond motifs is 1. The molecule has 1 saturated carbocycles. The zero-order valence-electron chi connectivity index (χ0n) is 27.0. The van der Waals surface area contributed by atoms with Gasteiger partial charge in [-0.2, -0.15) is 12.8 Å². The molecule has 1 fully saturated rings. The number of esters is 1. The number of sulfonamides is 1. The monoisotopic (exact) mass is 702 g/mol. The van der Waals surface area contributed by atoms with Crippen LogP contribution in [0, 0.1) is 11.8 Å². The lowest BCUT2D eigenvalue weighted by Crippen LogP contribution is -2.33. The van der Waals surface area contributed by atoms with Crippen molar-refractivity contribution < 1.29 is 41.7 Å². The first kappa shape index (κ1) is 38.5. The van der Waals surface area contributed by atoms with Crippen molar-refractivity contribution in [3.63, 3.8) is 0 Å². The van der Waals surface area contributed by atoms with E-state index in [9.17, 15) is 36.9 Å².